The Labute approximate surface area is 165 Å². The Hall–Kier alpha value is -2.47. The first-order valence-corrected chi connectivity index (χ1v) is 10.4. The van der Waals surface area contributed by atoms with Crippen LogP contribution in [0.25, 0.3) is 5.78 Å². The minimum atomic E-state index is 0.461. The van der Waals surface area contributed by atoms with Gasteiger partial charge in [0.15, 0.2) is 0 Å². The predicted octanol–water partition coefficient (Wildman–Crippen LogP) is 3.78. The molecule has 0 atom stereocenters. The van der Waals surface area contributed by atoms with Crippen molar-refractivity contribution in [2.45, 2.75) is 51.0 Å². The molecule has 6 nitrogen and oxygen atoms in total. The molecule has 1 aliphatic heterocycles. The van der Waals surface area contributed by atoms with Crippen LogP contribution in [0, 0.1) is 0 Å². The van der Waals surface area contributed by atoms with Crippen LogP contribution in [0.2, 0.25) is 0 Å². The summed E-state index contributed by atoms with van der Waals surface area (Å²) in [5, 5.41) is 8.80. The molecule has 5 rings (SSSR count). The van der Waals surface area contributed by atoms with Gasteiger partial charge in [-0.15, -0.1) is 10.2 Å². The van der Waals surface area contributed by atoms with Gasteiger partial charge in [-0.2, -0.15) is 0 Å². The summed E-state index contributed by atoms with van der Waals surface area (Å²) in [5.74, 6) is 3.93. The highest BCUT2D eigenvalue weighted by Crippen LogP contribution is 2.40. The zero-order valence-electron chi connectivity index (χ0n) is 16.4. The molecule has 2 fully saturated rings. The van der Waals surface area contributed by atoms with E-state index in [1.165, 1.54) is 24.0 Å². The van der Waals surface area contributed by atoms with E-state index in [1.807, 2.05) is 13.1 Å². The highest BCUT2D eigenvalue weighted by atomic mass is 16.5. The van der Waals surface area contributed by atoms with E-state index in [9.17, 15) is 0 Å². The van der Waals surface area contributed by atoms with Crippen molar-refractivity contribution in [1.29, 1.82) is 0 Å². The second-order valence-electron chi connectivity index (χ2n) is 8.02. The first kappa shape index (κ1) is 17.6. The van der Waals surface area contributed by atoms with Gasteiger partial charge in [-0.05, 0) is 74.9 Å². The molecule has 6 heteroatoms. The van der Waals surface area contributed by atoms with Crippen molar-refractivity contribution in [1.82, 2.24) is 24.5 Å². The lowest BCUT2D eigenvalue weighted by Gasteiger charge is -2.31. The molecule has 1 aromatic carbocycles. The smallest absolute Gasteiger partial charge is 0.254 e. The van der Waals surface area contributed by atoms with Crippen LogP contribution >= 0.6 is 0 Å². The number of benzene rings is 1. The number of aromatic nitrogens is 4. The Kier molecular flexibility index (Phi) is 4.72. The van der Waals surface area contributed by atoms with Crippen LogP contribution in [0.4, 0.5) is 0 Å². The molecule has 1 aliphatic carbocycles. The summed E-state index contributed by atoms with van der Waals surface area (Å²) < 4.78 is 7.67. The van der Waals surface area contributed by atoms with Gasteiger partial charge in [0.05, 0.1) is 6.61 Å². The van der Waals surface area contributed by atoms with Gasteiger partial charge in [-0.1, -0.05) is 12.1 Å². The maximum absolute atomic E-state index is 5.53. The molecular formula is C22H27N5O. The van der Waals surface area contributed by atoms with Gasteiger partial charge < -0.3 is 4.74 Å². The van der Waals surface area contributed by atoms with Gasteiger partial charge in [-0.25, -0.2) is 4.98 Å². The van der Waals surface area contributed by atoms with Crippen molar-refractivity contribution in [2.24, 2.45) is 0 Å². The van der Waals surface area contributed by atoms with Crippen LogP contribution in [0.3, 0.4) is 0 Å². The van der Waals surface area contributed by atoms with E-state index >= 15 is 0 Å². The number of piperidine rings is 1. The molecule has 0 N–H and O–H groups in total. The van der Waals surface area contributed by atoms with Crippen LogP contribution in [0.5, 0.6) is 5.75 Å². The standard InChI is InChI=1S/C22H27N5O/c1-2-28-20-7-3-16(4-8-20)14-26-11-9-18(10-12-26)21-24-25-22-23-13-19(15-27(21)22)17-5-6-17/h3-4,7-8,13,15,17-18H,2,5-6,9-12,14H2,1H3. The molecule has 1 saturated carbocycles. The lowest BCUT2D eigenvalue weighted by molar-refractivity contribution is 0.201. The molecule has 3 heterocycles. The topological polar surface area (TPSA) is 55.5 Å². The van der Waals surface area contributed by atoms with E-state index in [1.54, 1.807) is 0 Å². The minimum absolute atomic E-state index is 0.461. The molecule has 2 aromatic heterocycles. The van der Waals surface area contributed by atoms with Crippen LogP contribution in [-0.4, -0.2) is 44.2 Å². The van der Waals surface area contributed by atoms with E-state index in [2.05, 4.69) is 54.9 Å². The molecular weight excluding hydrogens is 350 g/mol. The van der Waals surface area contributed by atoms with Crippen molar-refractivity contribution in [3.8, 4) is 5.75 Å². The molecule has 0 radical (unpaired) electrons. The molecule has 0 spiro atoms. The Balaban J connectivity index is 1.23. The van der Waals surface area contributed by atoms with Crippen molar-refractivity contribution in [3.63, 3.8) is 0 Å². The molecule has 3 aromatic rings. The summed E-state index contributed by atoms with van der Waals surface area (Å²) in [6, 6.07) is 8.49. The molecule has 28 heavy (non-hydrogen) atoms. The highest BCUT2D eigenvalue weighted by Gasteiger charge is 2.27. The number of likely N-dealkylation sites (tertiary alicyclic amines) is 1. The third kappa shape index (κ3) is 3.61. The first-order valence-electron chi connectivity index (χ1n) is 10.4. The zero-order chi connectivity index (χ0) is 18.9. The lowest BCUT2D eigenvalue weighted by atomic mass is 9.95. The number of hydrogen-bond donors (Lipinski definition) is 0. The predicted molar refractivity (Wildman–Crippen MR) is 108 cm³/mol. The van der Waals surface area contributed by atoms with Gasteiger partial charge in [0.2, 0.25) is 0 Å². The summed E-state index contributed by atoms with van der Waals surface area (Å²) in [7, 11) is 0. The zero-order valence-corrected chi connectivity index (χ0v) is 16.4. The van der Waals surface area contributed by atoms with Crippen LogP contribution in [-0.2, 0) is 6.54 Å². The van der Waals surface area contributed by atoms with Crippen molar-refractivity contribution in [3.05, 3.63) is 53.6 Å². The van der Waals surface area contributed by atoms with E-state index < -0.39 is 0 Å². The number of nitrogens with zero attached hydrogens (tertiary/aromatic N) is 5. The summed E-state index contributed by atoms with van der Waals surface area (Å²) in [4.78, 5) is 7.05. The Morgan fingerprint density at radius 2 is 1.79 bits per heavy atom. The maximum atomic E-state index is 5.53. The van der Waals surface area contributed by atoms with Crippen LogP contribution in [0.15, 0.2) is 36.7 Å². The molecule has 0 bridgehead atoms. The molecule has 2 aliphatic rings. The fourth-order valence-electron chi connectivity index (χ4n) is 4.19. The lowest BCUT2D eigenvalue weighted by Crippen LogP contribution is -2.33. The number of rotatable bonds is 6. The fourth-order valence-corrected chi connectivity index (χ4v) is 4.19. The van der Waals surface area contributed by atoms with Crippen molar-refractivity contribution in [2.75, 3.05) is 19.7 Å². The van der Waals surface area contributed by atoms with Crippen molar-refractivity contribution < 1.29 is 4.74 Å². The molecule has 146 valence electrons. The molecule has 0 unspecified atom stereocenters. The largest absolute Gasteiger partial charge is 0.494 e. The number of fused-ring (bicyclic) bond motifs is 1. The second kappa shape index (κ2) is 7.51. The third-order valence-corrected chi connectivity index (χ3v) is 5.95. The van der Waals surface area contributed by atoms with Gasteiger partial charge in [0.25, 0.3) is 5.78 Å². The first-order chi connectivity index (χ1) is 13.8. The summed E-state index contributed by atoms with van der Waals surface area (Å²) in [6.45, 7) is 5.89. The van der Waals surface area contributed by atoms with Crippen molar-refractivity contribution >= 4 is 5.78 Å². The average molecular weight is 377 g/mol. The van der Waals surface area contributed by atoms with Gasteiger partial charge in [0, 0.05) is 24.9 Å². The molecule has 1 saturated heterocycles. The SMILES string of the molecule is CCOc1ccc(CN2CCC(c3nnc4ncc(C5CC5)cn34)CC2)cc1. The van der Waals surface area contributed by atoms with E-state index in [0.717, 1.165) is 49.8 Å². The highest BCUT2D eigenvalue weighted by molar-refractivity contribution is 5.32. The van der Waals surface area contributed by atoms with Gasteiger partial charge in [0.1, 0.15) is 11.6 Å². The minimum Gasteiger partial charge on any atom is -0.494 e. The number of ether oxygens (including phenoxy) is 1. The second-order valence-corrected chi connectivity index (χ2v) is 8.02. The monoisotopic (exact) mass is 377 g/mol. The van der Waals surface area contributed by atoms with E-state index in [-0.39, 0.29) is 0 Å². The van der Waals surface area contributed by atoms with Gasteiger partial charge in [-0.3, -0.25) is 9.30 Å². The van der Waals surface area contributed by atoms with Gasteiger partial charge >= 0.3 is 0 Å². The van der Waals surface area contributed by atoms with E-state index in [0.29, 0.717) is 18.4 Å². The fraction of sp³-hybridized carbons (Fsp3) is 0.500. The molecule has 0 amide bonds. The quantitative estimate of drug-likeness (QED) is 0.654. The normalized spacial score (nSPS) is 18.6. The number of hydrogen-bond acceptors (Lipinski definition) is 5. The Bertz CT molecular complexity index is 939. The van der Waals surface area contributed by atoms with Crippen LogP contribution < -0.4 is 4.74 Å². The summed E-state index contributed by atoms with van der Waals surface area (Å²) >= 11 is 0. The maximum Gasteiger partial charge on any atom is 0.254 e. The Morgan fingerprint density at radius 3 is 2.50 bits per heavy atom. The average Bonchev–Trinajstić information content (AvgIpc) is 3.50. The summed E-state index contributed by atoms with van der Waals surface area (Å²) in [6.07, 6.45) is 9.01. The third-order valence-electron chi connectivity index (χ3n) is 5.95. The Morgan fingerprint density at radius 1 is 1.00 bits per heavy atom. The van der Waals surface area contributed by atoms with E-state index in [4.69, 9.17) is 4.74 Å². The van der Waals surface area contributed by atoms with Crippen LogP contribution in [0.1, 0.15) is 61.4 Å². The summed E-state index contributed by atoms with van der Waals surface area (Å²) in [5.41, 5.74) is 2.68.